The number of likely N-dealkylation sites (N-methyl/N-ethyl adjacent to an activating group) is 1. The molecule has 0 radical (unpaired) electrons. The van der Waals surface area contributed by atoms with Crippen LogP contribution in [0.4, 0.5) is 10.2 Å². The molecule has 6 nitrogen and oxygen atoms in total. The highest BCUT2D eigenvalue weighted by molar-refractivity contribution is 14.0. The van der Waals surface area contributed by atoms with E-state index in [0.29, 0.717) is 11.9 Å². The molecule has 2 N–H and O–H groups in total. The van der Waals surface area contributed by atoms with Gasteiger partial charge < -0.3 is 20.4 Å². The van der Waals surface area contributed by atoms with Gasteiger partial charge in [-0.1, -0.05) is 0 Å². The van der Waals surface area contributed by atoms with Gasteiger partial charge in [0.05, 0.1) is 6.54 Å². The van der Waals surface area contributed by atoms with Crippen molar-refractivity contribution in [1.29, 1.82) is 0 Å². The number of aliphatic imine (C=N–C) groups is 1. The van der Waals surface area contributed by atoms with Gasteiger partial charge in [-0.2, -0.15) is 0 Å². The second-order valence-corrected chi connectivity index (χ2v) is 6.88. The van der Waals surface area contributed by atoms with Crippen molar-refractivity contribution in [3.05, 3.63) is 24.1 Å². The molecule has 0 aliphatic carbocycles. The summed E-state index contributed by atoms with van der Waals surface area (Å²) in [6.07, 6.45) is 5.07. The van der Waals surface area contributed by atoms with E-state index in [2.05, 4.69) is 34.5 Å². The van der Waals surface area contributed by atoms with Gasteiger partial charge in [0, 0.05) is 37.9 Å². The van der Waals surface area contributed by atoms with Crippen LogP contribution in [0.3, 0.4) is 0 Å². The van der Waals surface area contributed by atoms with Crippen molar-refractivity contribution in [3.63, 3.8) is 0 Å². The zero-order valence-electron chi connectivity index (χ0n) is 15.6. The van der Waals surface area contributed by atoms with Gasteiger partial charge in [-0.3, -0.25) is 4.99 Å². The first-order chi connectivity index (χ1) is 12.2. The lowest BCUT2D eigenvalue weighted by Crippen LogP contribution is -2.45. The van der Waals surface area contributed by atoms with Crippen LogP contribution in [0.5, 0.6) is 0 Å². The average Bonchev–Trinajstić information content (AvgIpc) is 3.22. The van der Waals surface area contributed by atoms with Crippen LogP contribution < -0.4 is 15.5 Å². The van der Waals surface area contributed by atoms with E-state index >= 15 is 0 Å². The van der Waals surface area contributed by atoms with Gasteiger partial charge in [-0.15, -0.1) is 24.0 Å². The second-order valence-electron chi connectivity index (χ2n) is 6.88. The number of hydrogen-bond donors (Lipinski definition) is 2. The molecule has 2 aliphatic rings. The summed E-state index contributed by atoms with van der Waals surface area (Å²) in [7, 11) is 2.17. The fourth-order valence-corrected chi connectivity index (χ4v) is 3.60. The number of hydrogen-bond acceptors (Lipinski definition) is 4. The zero-order chi connectivity index (χ0) is 17.6. The average molecular weight is 476 g/mol. The Bertz CT molecular complexity index is 599. The van der Waals surface area contributed by atoms with E-state index in [9.17, 15) is 4.39 Å². The maximum absolute atomic E-state index is 13.9. The number of aromatic nitrogens is 1. The minimum absolute atomic E-state index is 0. The van der Waals surface area contributed by atoms with Crippen molar-refractivity contribution in [1.82, 2.24) is 20.5 Å². The summed E-state index contributed by atoms with van der Waals surface area (Å²) < 4.78 is 13.9. The number of rotatable bonds is 5. The highest BCUT2D eigenvalue weighted by atomic mass is 127. The fourth-order valence-electron chi connectivity index (χ4n) is 3.60. The van der Waals surface area contributed by atoms with Crippen LogP contribution in [0.2, 0.25) is 0 Å². The standard InChI is InChI=1S/C18H29FN6.HI/c1-3-20-18(22-12-15-6-5-10-24(15)2)23-14-8-11-25(13-14)17-16(19)7-4-9-21-17;/h4,7,9,14-15H,3,5-6,8,10-13H2,1-2H3,(H2,20,22,23);1H. The smallest absolute Gasteiger partial charge is 0.191 e. The molecule has 0 bridgehead atoms. The van der Waals surface area contributed by atoms with E-state index in [4.69, 9.17) is 4.99 Å². The first-order valence-corrected chi connectivity index (χ1v) is 9.28. The van der Waals surface area contributed by atoms with Gasteiger partial charge in [0.25, 0.3) is 0 Å². The van der Waals surface area contributed by atoms with Crippen molar-refractivity contribution in [2.24, 2.45) is 4.99 Å². The van der Waals surface area contributed by atoms with Crippen molar-refractivity contribution in [2.75, 3.05) is 44.7 Å². The zero-order valence-corrected chi connectivity index (χ0v) is 17.9. The van der Waals surface area contributed by atoms with E-state index in [1.807, 2.05) is 4.90 Å². The van der Waals surface area contributed by atoms with Crippen LogP contribution in [0.15, 0.2) is 23.3 Å². The largest absolute Gasteiger partial charge is 0.357 e. The van der Waals surface area contributed by atoms with Gasteiger partial charge >= 0.3 is 0 Å². The van der Waals surface area contributed by atoms with Crippen molar-refractivity contribution < 1.29 is 4.39 Å². The first-order valence-electron chi connectivity index (χ1n) is 9.28. The Morgan fingerprint density at radius 2 is 2.23 bits per heavy atom. The molecule has 3 rings (SSSR count). The lowest BCUT2D eigenvalue weighted by molar-refractivity contribution is 0.317. The van der Waals surface area contributed by atoms with Crippen LogP contribution in [0, 0.1) is 5.82 Å². The van der Waals surface area contributed by atoms with Crippen LogP contribution in [0.25, 0.3) is 0 Å². The number of halogens is 2. The molecule has 0 amide bonds. The molecule has 26 heavy (non-hydrogen) atoms. The van der Waals surface area contributed by atoms with Gasteiger partial charge in [0.15, 0.2) is 17.6 Å². The highest BCUT2D eigenvalue weighted by Gasteiger charge is 2.26. The SMILES string of the molecule is CCNC(=NCC1CCCN1C)NC1CCN(c2ncccc2F)C1.I. The fraction of sp³-hybridized carbons (Fsp3) is 0.667. The molecular weight excluding hydrogens is 446 g/mol. The van der Waals surface area contributed by atoms with Crippen LogP contribution in [0.1, 0.15) is 26.2 Å². The minimum atomic E-state index is -0.256. The Morgan fingerprint density at radius 3 is 2.92 bits per heavy atom. The number of anilines is 1. The number of guanidine groups is 1. The molecule has 3 heterocycles. The minimum Gasteiger partial charge on any atom is -0.357 e. The van der Waals surface area contributed by atoms with Crippen molar-refractivity contribution >= 4 is 35.8 Å². The summed E-state index contributed by atoms with van der Waals surface area (Å²) in [5.74, 6) is 1.05. The molecule has 146 valence electrons. The Hall–Kier alpha value is -1.16. The number of nitrogens with zero attached hydrogens (tertiary/aromatic N) is 4. The Balaban J connectivity index is 0.00000243. The molecule has 1 aromatic heterocycles. The highest BCUT2D eigenvalue weighted by Crippen LogP contribution is 2.20. The molecular formula is C18H30FIN6. The third-order valence-corrected chi connectivity index (χ3v) is 5.04. The number of pyridine rings is 1. The van der Waals surface area contributed by atoms with Crippen molar-refractivity contribution in [3.8, 4) is 0 Å². The molecule has 2 aliphatic heterocycles. The molecule has 0 saturated carbocycles. The lowest BCUT2D eigenvalue weighted by Gasteiger charge is -2.21. The quantitative estimate of drug-likeness (QED) is 0.387. The molecule has 2 unspecified atom stereocenters. The van der Waals surface area contributed by atoms with Gasteiger partial charge in [0.1, 0.15) is 0 Å². The summed E-state index contributed by atoms with van der Waals surface area (Å²) in [6.45, 7) is 6.42. The Labute approximate surface area is 172 Å². The van der Waals surface area contributed by atoms with Crippen LogP contribution >= 0.6 is 24.0 Å². The van der Waals surface area contributed by atoms with Crippen LogP contribution in [-0.2, 0) is 0 Å². The molecule has 2 fully saturated rings. The normalized spacial score (nSPS) is 23.8. The van der Waals surface area contributed by atoms with E-state index in [1.54, 1.807) is 12.3 Å². The topological polar surface area (TPSA) is 55.8 Å². The molecule has 0 aromatic carbocycles. The first kappa shape index (κ1) is 21.1. The predicted molar refractivity (Wildman–Crippen MR) is 115 cm³/mol. The maximum Gasteiger partial charge on any atom is 0.191 e. The van der Waals surface area contributed by atoms with Gasteiger partial charge in [-0.05, 0) is 51.9 Å². The lowest BCUT2D eigenvalue weighted by atomic mass is 10.2. The Morgan fingerprint density at radius 1 is 1.38 bits per heavy atom. The van der Waals surface area contributed by atoms with E-state index < -0.39 is 0 Å². The summed E-state index contributed by atoms with van der Waals surface area (Å²) in [4.78, 5) is 13.3. The molecule has 2 atom stereocenters. The third kappa shape index (κ3) is 5.42. The van der Waals surface area contributed by atoms with Crippen molar-refractivity contribution in [2.45, 2.75) is 38.3 Å². The van der Waals surface area contributed by atoms with E-state index in [0.717, 1.165) is 45.1 Å². The van der Waals surface area contributed by atoms with E-state index in [-0.39, 0.29) is 35.8 Å². The molecule has 0 spiro atoms. The summed E-state index contributed by atoms with van der Waals surface area (Å²) in [5, 5.41) is 6.83. The summed E-state index contributed by atoms with van der Waals surface area (Å²) in [6, 6.07) is 3.88. The Kier molecular flexibility index (Phi) is 8.33. The second kappa shape index (κ2) is 10.2. The summed E-state index contributed by atoms with van der Waals surface area (Å²) in [5.41, 5.74) is 0. The molecule has 1 aromatic rings. The number of likely N-dealkylation sites (tertiary alicyclic amines) is 1. The van der Waals surface area contributed by atoms with E-state index in [1.165, 1.54) is 18.9 Å². The van der Waals surface area contributed by atoms with Gasteiger partial charge in [0.2, 0.25) is 0 Å². The number of nitrogens with one attached hydrogen (secondary N) is 2. The third-order valence-electron chi connectivity index (χ3n) is 5.04. The van der Waals surface area contributed by atoms with Gasteiger partial charge in [-0.25, -0.2) is 9.37 Å². The monoisotopic (exact) mass is 476 g/mol. The summed E-state index contributed by atoms with van der Waals surface area (Å²) >= 11 is 0. The molecule has 2 saturated heterocycles. The van der Waals surface area contributed by atoms with Crippen LogP contribution in [-0.4, -0.2) is 67.7 Å². The predicted octanol–water partition coefficient (Wildman–Crippen LogP) is 2.07. The maximum atomic E-state index is 13.9. The molecule has 8 heteroatoms.